The van der Waals surface area contributed by atoms with Crippen molar-refractivity contribution in [2.75, 3.05) is 13.2 Å². The van der Waals surface area contributed by atoms with Gasteiger partial charge in [-0.3, -0.25) is 0 Å². The monoisotopic (exact) mass is 344 g/mol. The Bertz CT molecular complexity index is 466. The Kier molecular flexibility index (Phi) is 7.94. The van der Waals surface area contributed by atoms with Gasteiger partial charge in [0, 0.05) is 18.8 Å². The van der Waals surface area contributed by atoms with Crippen LogP contribution in [-0.4, -0.2) is 29.5 Å². The summed E-state index contributed by atoms with van der Waals surface area (Å²) in [7, 11) is -1.31. The van der Waals surface area contributed by atoms with E-state index in [9.17, 15) is 22.0 Å². The molecule has 0 aromatic heterocycles. The smallest absolute Gasteiger partial charge is 0.261 e. The lowest BCUT2D eigenvalue weighted by Gasteiger charge is -2.17. The SMILES string of the molecule is CCOC(OCC)O[SiH2]CCc1c(F)c(F)c(F)c(F)c1F. The van der Waals surface area contributed by atoms with Gasteiger partial charge in [0.25, 0.3) is 6.48 Å². The number of rotatable bonds is 9. The fraction of sp³-hybridized carbons (Fsp3) is 0.538. The summed E-state index contributed by atoms with van der Waals surface area (Å²) in [6.45, 7) is 3.34. The van der Waals surface area contributed by atoms with E-state index < -0.39 is 50.9 Å². The maximum atomic E-state index is 13.4. The highest BCUT2D eigenvalue weighted by molar-refractivity contribution is 6.27. The molecule has 0 saturated carbocycles. The molecule has 1 aromatic carbocycles. The molecule has 0 aliphatic carbocycles. The minimum Gasteiger partial charge on any atom is -0.379 e. The van der Waals surface area contributed by atoms with Crippen LogP contribution in [0.1, 0.15) is 19.4 Å². The summed E-state index contributed by atoms with van der Waals surface area (Å²) in [4.78, 5) is 0. The lowest BCUT2D eigenvalue weighted by molar-refractivity contribution is -0.243. The Hall–Kier alpha value is -1.03. The molecule has 0 aliphatic heterocycles. The number of benzene rings is 1. The highest BCUT2D eigenvalue weighted by Gasteiger charge is 2.25. The van der Waals surface area contributed by atoms with Crippen molar-refractivity contribution >= 4 is 9.76 Å². The molecule has 0 amide bonds. The molecule has 0 saturated heterocycles. The lowest BCUT2D eigenvalue weighted by Crippen LogP contribution is -2.23. The van der Waals surface area contributed by atoms with Crippen LogP contribution < -0.4 is 0 Å². The zero-order valence-corrected chi connectivity index (χ0v) is 13.6. The van der Waals surface area contributed by atoms with Crippen molar-refractivity contribution in [2.45, 2.75) is 32.8 Å². The normalized spacial score (nSPS) is 12.0. The first-order valence-electron chi connectivity index (χ1n) is 6.79. The molecular formula is C13H17F5O3Si. The molecular weight excluding hydrogens is 327 g/mol. The van der Waals surface area contributed by atoms with Crippen molar-refractivity contribution in [1.82, 2.24) is 0 Å². The molecule has 0 unspecified atom stereocenters. The summed E-state index contributed by atoms with van der Waals surface area (Å²) in [5, 5.41) is 0. The molecule has 9 heteroatoms. The van der Waals surface area contributed by atoms with E-state index in [1.807, 2.05) is 0 Å². The van der Waals surface area contributed by atoms with E-state index in [2.05, 4.69) is 0 Å². The Labute approximate surface area is 127 Å². The Morgan fingerprint density at radius 2 is 1.27 bits per heavy atom. The minimum absolute atomic E-state index is 0.176. The molecule has 0 bridgehead atoms. The summed E-state index contributed by atoms with van der Waals surface area (Å²) >= 11 is 0. The van der Waals surface area contributed by atoms with Crippen molar-refractivity contribution in [3.63, 3.8) is 0 Å². The fourth-order valence-corrected chi connectivity index (χ4v) is 2.76. The van der Waals surface area contributed by atoms with Gasteiger partial charge < -0.3 is 13.9 Å². The van der Waals surface area contributed by atoms with Gasteiger partial charge in [0.15, 0.2) is 33.0 Å². The summed E-state index contributed by atoms with van der Waals surface area (Å²) in [6, 6.07) is 0.176. The molecule has 126 valence electrons. The molecule has 22 heavy (non-hydrogen) atoms. The van der Waals surface area contributed by atoms with E-state index in [0.717, 1.165) is 0 Å². The van der Waals surface area contributed by atoms with E-state index in [1.54, 1.807) is 13.8 Å². The molecule has 0 N–H and O–H groups in total. The third-order valence-corrected chi connectivity index (χ3v) is 3.88. The van der Waals surface area contributed by atoms with Crippen LogP contribution in [0.5, 0.6) is 0 Å². The zero-order chi connectivity index (χ0) is 16.7. The molecule has 0 atom stereocenters. The maximum absolute atomic E-state index is 13.4. The standard InChI is InChI=1S/C13H17F5O3Si/c1-3-19-13(20-4-2)21-22-6-5-7-8(14)10(16)12(18)11(17)9(7)15/h13H,3-6,22H2,1-2H3. The highest BCUT2D eigenvalue weighted by atomic mass is 28.2. The molecule has 0 heterocycles. The van der Waals surface area contributed by atoms with Gasteiger partial charge in [-0.2, -0.15) is 0 Å². The van der Waals surface area contributed by atoms with Crippen LogP contribution in [0.3, 0.4) is 0 Å². The molecule has 0 aliphatic rings. The predicted molar refractivity (Wildman–Crippen MR) is 71.4 cm³/mol. The van der Waals surface area contributed by atoms with Crippen LogP contribution in [0.25, 0.3) is 0 Å². The quantitative estimate of drug-likeness (QED) is 0.172. The van der Waals surface area contributed by atoms with Gasteiger partial charge in [0.05, 0.1) is 0 Å². The molecule has 1 rings (SSSR count). The van der Waals surface area contributed by atoms with Crippen molar-refractivity contribution in [2.24, 2.45) is 0 Å². The summed E-state index contributed by atoms with van der Waals surface area (Å²) in [6.07, 6.45) is -0.303. The van der Waals surface area contributed by atoms with Gasteiger partial charge in [-0.1, -0.05) is 0 Å². The molecule has 0 spiro atoms. The van der Waals surface area contributed by atoms with Crippen molar-refractivity contribution in [3.05, 3.63) is 34.6 Å². The Balaban J connectivity index is 2.62. The van der Waals surface area contributed by atoms with Crippen LogP contribution in [0.15, 0.2) is 0 Å². The second kappa shape index (κ2) is 9.18. The molecule has 1 aromatic rings. The van der Waals surface area contributed by atoms with Crippen molar-refractivity contribution in [1.29, 1.82) is 0 Å². The number of ether oxygens (including phenoxy) is 2. The van der Waals surface area contributed by atoms with E-state index in [1.165, 1.54) is 0 Å². The first kappa shape index (κ1) is 19.0. The number of hydrogen-bond donors (Lipinski definition) is 0. The van der Waals surface area contributed by atoms with Gasteiger partial charge in [-0.05, 0) is 26.3 Å². The van der Waals surface area contributed by atoms with Crippen LogP contribution in [-0.2, 0) is 20.3 Å². The van der Waals surface area contributed by atoms with E-state index in [4.69, 9.17) is 13.9 Å². The van der Waals surface area contributed by atoms with Crippen LogP contribution in [0.2, 0.25) is 6.04 Å². The number of halogens is 5. The van der Waals surface area contributed by atoms with Crippen LogP contribution in [0, 0.1) is 29.1 Å². The van der Waals surface area contributed by atoms with Crippen molar-refractivity contribution in [3.8, 4) is 0 Å². The third kappa shape index (κ3) is 4.73. The van der Waals surface area contributed by atoms with Gasteiger partial charge in [0.2, 0.25) is 5.82 Å². The molecule has 0 radical (unpaired) electrons. The third-order valence-electron chi connectivity index (χ3n) is 2.73. The van der Waals surface area contributed by atoms with Gasteiger partial charge >= 0.3 is 0 Å². The van der Waals surface area contributed by atoms with E-state index >= 15 is 0 Å². The first-order chi connectivity index (χ1) is 10.4. The molecule has 0 fully saturated rings. The van der Waals surface area contributed by atoms with E-state index in [0.29, 0.717) is 13.2 Å². The first-order valence-corrected chi connectivity index (χ1v) is 8.36. The topological polar surface area (TPSA) is 27.7 Å². The maximum Gasteiger partial charge on any atom is 0.261 e. The van der Waals surface area contributed by atoms with Gasteiger partial charge in [0.1, 0.15) is 0 Å². The Morgan fingerprint density at radius 1 is 0.818 bits per heavy atom. The lowest BCUT2D eigenvalue weighted by atomic mass is 10.1. The van der Waals surface area contributed by atoms with E-state index in [-0.39, 0.29) is 12.5 Å². The largest absolute Gasteiger partial charge is 0.379 e. The average Bonchev–Trinajstić information content (AvgIpc) is 2.50. The van der Waals surface area contributed by atoms with Crippen molar-refractivity contribution < 1.29 is 35.9 Å². The average molecular weight is 344 g/mol. The highest BCUT2D eigenvalue weighted by Crippen LogP contribution is 2.24. The molecule has 3 nitrogen and oxygen atoms in total. The van der Waals surface area contributed by atoms with Gasteiger partial charge in [-0.15, -0.1) is 0 Å². The Morgan fingerprint density at radius 3 is 1.73 bits per heavy atom. The minimum atomic E-state index is -2.15. The van der Waals surface area contributed by atoms with Crippen LogP contribution >= 0.6 is 0 Å². The predicted octanol–water partition coefficient (Wildman–Crippen LogP) is 2.80. The van der Waals surface area contributed by atoms with Gasteiger partial charge in [-0.25, -0.2) is 22.0 Å². The fourth-order valence-electron chi connectivity index (χ4n) is 1.71. The second-order valence-corrected chi connectivity index (χ2v) is 5.67. The summed E-state index contributed by atoms with van der Waals surface area (Å²) in [5.41, 5.74) is -0.822. The summed E-state index contributed by atoms with van der Waals surface area (Å²) in [5.74, 6) is -9.61. The summed E-state index contributed by atoms with van der Waals surface area (Å²) < 4.78 is 81.3. The zero-order valence-electron chi connectivity index (χ0n) is 12.2. The number of hydrogen-bond acceptors (Lipinski definition) is 3. The second-order valence-electron chi connectivity index (χ2n) is 4.22. The van der Waals surface area contributed by atoms with Crippen LogP contribution in [0.4, 0.5) is 22.0 Å².